The number of benzene rings is 2. The molecule has 6 heteroatoms. The van der Waals surface area contributed by atoms with Crippen LogP contribution < -0.4 is 10.9 Å². The monoisotopic (exact) mass is 384 g/mol. The Morgan fingerprint density at radius 1 is 1.10 bits per heavy atom. The Kier molecular flexibility index (Phi) is 4.24. The van der Waals surface area contributed by atoms with Crippen molar-refractivity contribution in [1.29, 1.82) is 0 Å². The number of hydrogen-bond donors (Lipinski definition) is 2. The summed E-state index contributed by atoms with van der Waals surface area (Å²) in [4.78, 5) is 32.2. The molecule has 2 heterocycles. The molecule has 1 aliphatic carbocycles. The van der Waals surface area contributed by atoms with Crippen molar-refractivity contribution in [3.63, 3.8) is 0 Å². The average molecular weight is 384 g/mol. The maximum Gasteiger partial charge on any atom is 0.292 e. The van der Waals surface area contributed by atoms with Gasteiger partial charge in [-0.25, -0.2) is 4.98 Å². The van der Waals surface area contributed by atoms with Crippen LogP contribution in [0.15, 0.2) is 65.6 Å². The lowest BCUT2D eigenvalue weighted by Crippen LogP contribution is -2.17. The minimum Gasteiger partial charge on any atom is -0.317 e. The van der Waals surface area contributed by atoms with Gasteiger partial charge < -0.3 is 10.3 Å². The van der Waals surface area contributed by atoms with Crippen molar-refractivity contribution in [3.8, 4) is 11.3 Å². The zero-order chi connectivity index (χ0) is 19.8. The highest BCUT2D eigenvalue weighted by Crippen LogP contribution is 2.35. The van der Waals surface area contributed by atoms with Crippen molar-refractivity contribution in [2.75, 3.05) is 5.32 Å². The number of fused-ring (bicyclic) bond motifs is 5. The number of nitrogens with one attached hydrogen (secondary N) is 2. The Morgan fingerprint density at radius 3 is 2.76 bits per heavy atom. The zero-order valence-corrected chi connectivity index (χ0v) is 15.8. The van der Waals surface area contributed by atoms with Crippen LogP contribution in [-0.4, -0.2) is 20.3 Å². The van der Waals surface area contributed by atoms with Crippen molar-refractivity contribution >= 4 is 17.4 Å². The van der Waals surface area contributed by atoms with E-state index in [1.54, 1.807) is 10.6 Å². The number of aryl methyl sites for hydroxylation is 1. The third-order valence-corrected chi connectivity index (χ3v) is 5.39. The van der Waals surface area contributed by atoms with Crippen LogP contribution in [0.5, 0.6) is 0 Å². The zero-order valence-electron chi connectivity index (χ0n) is 15.8. The molecular weight excluding hydrogens is 364 g/mol. The van der Waals surface area contributed by atoms with Crippen LogP contribution in [0.3, 0.4) is 0 Å². The van der Waals surface area contributed by atoms with Crippen LogP contribution in [0, 0.1) is 0 Å². The number of anilines is 1. The maximum atomic E-state index is 12.5. The van der Waals surface area contributed by atoms with Gasteiger partial charge >= 0.3 is 0 Å². The van der Waals surface area contributed by atoms with Gasteiger partial charge in [-0.3, -0.25) is 14.0 Å². The van der Waals surface area contributed by atoms with E-state index in [4.69, 9.17) is 0 Å². The van der Waals surface area contributed by atoms with Crippen LogP contribution in [0.4, 0.5) is 5.82 Å². The molecule has 0 radical (unpaired) electrons. The first-order chi connectivity index (χ1) is 14.2. The molecule has 0 unspecified atom stereocenters. The first kappa shape index (κ1) is 17.4. The molecule has 2 aromatic carbocycles. The lowest BCUT2D eigenvalue weighted by Gasteiger charge is -2.09. The number of aromatic nitrogens is 3. The summed E-state index contributed by atoms with van der Waals surface area (Å²) >= 11 is 0. The fourth-order valence-electron chi connectivity index (χ4n) is 4.02. The normalized spacial score (nSPS) is 12.0. The first-order valence-electron chi connectivity index (χ1n) is 9.75. The molecule has 0 aliphatic heterocycles. The van der Waals surface area contributed by atoms with E-state index >= 15 is 0 Å². The van der Waals surface area contributed by atoms with Crippen LogP contribution >= 0.6 is 0 Å². The van der Waals surface area contributed by atoms with Crippen molar-refractivity contribution in [1.82, 2.24) is 14.4 Å². The molecule has 0 fully saturated rings. The quantitative estimate of drug-likeness (QED) is 0.486. The fraction of sp³-hybridized carbons (Fsp3) is 0.174. The Balaban J connectivity index is 1.39. The third-order valence-electron chi connectivity index (χ3n) is 5.39. The molecule has 2 aromatic heterocycles. The number of carbonyl (C=O) groups excluding carboxylic acids is 1. The third kappa shape index (κ3) is 3.12. The van der Waals surface area contributed by atoms with E-state index in [1.807, 2.05) is 36.4 Å². The SMILES string of the molecule is O=C(CCCc1ccccc1)Nc1cnc2c(=O)[nH]c3c(n12)Cc1ccccc1-3. The molecule has 5 rings (SSSR count). The van der Waals surface area contributed by atoms with Gasteiger partial charge in [0, 0.05) is 18.4 Å². The molecule has 6 nitrogen and oxygen atoms in total. The largest absolute Gasteiger partial charge is 0.317 e. The highest BCUT2D eigenvalue weighted by Gasteiger charge is 2.24. The van der Waals surface area contributed by atoms with E-state index in [1.165, 1.54) is 5.56 Å². The molecule has 4 aromatic rings. The molecule has 0 spiro atoms. The second-order valence-corrected chi connectivity index (χ2v) is 7.30. The van der Waals surface area contributed by atoms with Gasteiger partial charge in [0.25, 0.3) is 5.56 Å². The number of carbonyl (C=O) groups is 1. The molecule has 0 atom stereocenters. The standard InChI is InChI=1S/C23H20N4O2/c28-20(12-6-9-15-7-2-1-3-8-15)25-19-14-24-22-23(29)26-21-17-11-5-4-10-16(17)13-18(21)27(19)22/h1-5,7-8,10-11,14H,6,9,12-13H2,(H,25,28)(H,26,29). The Hall–Kier alpha value is -3.67. The van der Waals surface area contributed by atoms with Crippen molar-refractivity contribution in [2.24, 2.45) is 0 Å². The second kappa shape index (κ2) is 7.05. The molecular formula is C23H20N4O2. The molecule has 2 N–H and O–H groups in total. The molecule has 0 bridgehead atoms. The summed E-state index contributed by atoms with van der Waals surface area (Å²) in [6.07, 6.45) is 4.27. The van der Waals surface area contributed by atoms with Crippen LogP contribution in [0.1, 0.15) is 29.7 Å². The lowest BCUT2D eigenvalue weighted by atomic mass is 10.1. The Morgan fingerprint density at radius 2 is 1.90 bits per heavy atom. The minimum atomic E-state index is -0.259. The summed E-state index contributed by atoms with van der Waals surface area (Å²) in [5.41, 5.74) is 5.18. The lowest BCUT2D eigenvalue weighted by molar-refractivity contribution is -0.116. The molecule has 0 saturated carbocycles. The fourth-order valence-corrected chi connectivity index (χ4v) is 4.02. The van der Waals surface area contributed by atoms with E-state index < -0.39 is 0 Å². The van der Waals surface area contributed by atoms with Crippen LogP contribution in [0.2, 0.25) is 0 Å². The second-order valence-electron chi connectivity index (χ2n) is 7.30. The summed E-state index contributed by atoms with van der Waals surface area (Å²) in [5, 5.41) is 2.94. The van der Waals surface area contributed by atoms with Gasteiger partial charge in [-0.2, -0.15) is 0 Å². The van der Waals surface area contributed by atoms with Crippen LogP contribution in [-0.2, 0) is 17.6 Å². The maximum absolute atomic E-state index is 12.5. The average Bonchev–Trinajstić information content (AvgIpc) is 3.31. The van der Waals surface area contributed by atoms with Crippen molar-refractivity contribution in [3.05, 3.63) is 88.0 Å². The molecule has 0 saturated heterocycles. The number of aromatic amines is 1. The highest BCUT2D eigenvalue weighted by atomic mass is 16.1. The summed E-state index contributed by atoms with van der Waals surface area (Å²) in [7, 11) is 0. The topological polar surface area (TPSA) is 79.3 Å². The van der Waals surface area contributed by atoms with Gasteiger partial charge in [-0.15, -0.1) is 0 Å². The van der Waals surface area contributed by atoms with E-state index in [9.17, 15) is 9.59 Å². The number of amides is 1. The van der Waals surface area contributed by atoms with Gasteiger partial charge in [0.1, 0.15) is 5.82 Å². The molecule has 1 amide bonds. The Labute approximate surface area is 167 Å². The van der Waals surface area contributed by atoms with E-state index in [0.717, 1.165) is 35.4 Å². The summed E-state index contributed by atoms with van der Waals surface area (Å²) in [6.45, 7) is 0. The number of hydrogen-bond acceptors (Lipinski definition) is 3. The van der Waals surface area contributed by atoms with E-state index in [0.29, 0.717) is 24.3 Å². The molecule has 144 valence electrons. The number of rotatable bonds is 5. The van der Waals surface area contributed by atoms with Crippen LogP contribution in [0.25, 0.3) is 16.9 Å². The van der Waals surface area contributed by atoms with Gasteiger partial charge in [0.2, 0.25) is 11.6 Å². The molecule has 29 heavy (non-hydrogen) atoms. The minimum absolute atomic E-state index is 0.0766. The number of imidazole rings is 1. The molecule has 1 aliphatic rings. The van der Waals surface area contributed by atoms with E-state index in [2.05, 4.69) is 33.5 Å². The predicted molar refractivity (Wildman–Crippen MR) is 112 cm³/mol. The van der Waals surface area contributed by atoms with Crippen molar-refractivity contribution < 1.29 is 4.79 Å². The van der Waals surface area contributed by atoms with Gasteiger partial charge in [-0.05, 0) is 24.0 Å². The summed E-state index contributed by atoms with van der Waals surface area (Å²) in [6, 6.07) is 18.1. The Bertz CT molecular complexity index is 1270. The summed E-state index contributed by atoms with van der Waals surface area (Å²) < 4.78 is 1.78. The van der Waals surface area contributed by atoms with Gasteiger partial charge in [0.05, 0.1) is 17.6 Å². The smallest absolute Gasteiger partial charge is 0.292 e. The van der Waals surface area contributed by atoms with Crippen molar-refractivity contribution in [2.45, 2.75) is 25.7 Å². The number of H-pyrrole nitrogens is 1. The predicted octanol–water partition coefficient (Wildman–Crippen LogP) is 3.56. The van der Waals surface area contributed by atoms with E-state index in [-0.39, 0.29) is 11.5 Å². The van der Waals surface area contributed by atoms with Gasteiger partial charge in [0.15, 0.2) is 0 Å². The number of nitrogens with zero attached hydrogens (tertiary/aromatic N) is 2. The summed E-state index contributed by atoms with van der Waals surface area (Å²) in [5.74, 6) is 0.465. The van der Waals surface area contributed by atoms with Gasteiger partial charge in [-0.1, -0.05) is 54.6 Å². The first-order valence-corrected chi connectivity index (χ1v) is 9.75. The highest BCUT2D eigenvalue weighted by molar-refractivity contribution is 5.90.